The van der Waals surface area contributed by atoms with Gasteiger partial charge in [-0.25, -0.2) is 4.39 Å². The fourth-order valence-electron chi connectivity index (χ4n) is 2.61. The zero-order chi connectivity index (χ0) is 14.5. The Morgan fingerprint density at radius 1 is 1.57 bits per heavy atom. The fourth-order valence-corrected chi connectivity index (χ4v) is 2.93. The van der Waals surface area contributed by atoms with Crippen LogP contribution in [0.2, 0.25) is 5.02 Å². The van der Waals surface area contributed by atoms with Gasteiger partial charge in [0.05, 0.1) is 6.04 Å². The molecular formula is C15H21Cl2FN2O. The topological polar surface area (TPSA) is 41.1 Å². The molecule has 2 N–H and O–H groups in total. The molecule has 0 aromatic heterocycles. The van der Waals surface area contributed by atoms with Crippen molar-refractivity contribution in [3.63, 3.8) is 0 Å². The molecule has 2 atom stereocenters. The molecule has 2 unspecified atom stereocenters. The predicted octanol–water partition coefficient (Wildman–Crippen LogP) is 3.47. The molecule has 21 heavy (non-hydrogen) atoms. The van der Waals surface area contributed by atoms with E-state index in [-0.39, 0.29) is 24.1 Å². The van der Waals surface area contributed by atoms with E-state index in [2.05, 4.69) is 10.6 Å². The van der Waals surface area contributed by atoms with Crippen LogP contribution in [0.1, 0.15) is 37.8 Å². The molecule has 1 amide bonds. The zero-order valence-electron chi connectivity index (χ0n) is 12.0. The lowest BCUT2D eigenvalue weighted by molar-refractivity contribution is -0.122. The Kier molecular flexibility index (Phi) is 7.43. The average Bonchev–Trinajstić information content (AvgIpc) is 2.89. The standard InChI is InChI=1S/C15H20ClFN2O.ClH/c1-10(15-12(16)3-2-4-13(15)17)19-14(20)6-5-11-7-8-18-9-11;/h2-4,10-11,18H,5-9H2,1H3,(H,19,20);1H. The Morgan fingerprint density at radius 3 is 2.95 bits per heavy atom. The first-order valence-corrected chi connectivity index (χ1v) is 7.39. The molecule has 0 bridgehead atoms. The van der Waals surface area contributed by atoms with Crippen LogP contribution in [-0.2, 0) is 4.79 Å². The monoisotopic (exact) mass is 334 g/mol. The smallest absolute Gasteiger partial charge is 0.220 e. The summed E-state index contributed by atoms with van der Waals surface area (Å²) in [7, 11) is 0. The lowest BCUT2D eigenvalue weighted by atomic mass is 10.0. The van der Waals surface area contributed by atoms with Crippen molar-refractivity contribution in [2.75, 3.05) is 13.1 Å². The molecule has 0 spiro atoms. The van der Waals surface area contributed by atoms with Gasteiger partial charge in [-0.15, -0.1) is 12.4 Å². The highest BCUT2D eigenvalue weighted by Gasteiger charge is 2.19. The first-order chi connectivity index (χ1) is 9.58. The van der Waals surface area contributed by atoms with Crippen LogP contribution in [0.3, 0.4) is 0 Å². The Bertz CT molecular complexity index is 458. The van der Waals surface area contributed by atoms with Gasteiger partial charge in [0.1, 0.15) is 5.82 Å². The van der Waals surface area contributed by atoms with Crippen LogP contribution < -0.4 is 10.6 Å². The van der Waals surface area contributed by atoms with Gasteiger partial charge >= 0.3 is 0 Å². The van der Waals surface area contributed by atoms with E-state index in [1.54, 1.807) is 19.1 Å². The molecule has 0 radical (unpaired) electrons. The minimum atomic E-state index is -0.419. The van der Waals surface area contributed by atoms with E-state index >= 15 is 0 Å². The molecule has 1 heterocycles. The summed E-state index contributed by atoms with van der Waals surface area (Å²) in [5.74, 6) is 0.141. The third-order valence-corrected chi connectivity index (χ3v) is 4.08. The summed E-state index contributed by atoms with van der Waals surface area (Å²) in [5, 5.41) is 6.44. The molecule has 6 heteroatoms. The van der Waals surface area contributed by atoms with Crippen LogP contribution in [0, 0.1) is 11.7 Å². The Balaban J connectivity index is 0.00000220. The van der Waals surface area contributed by atoms with Crippen LogP contribution in [0.15, 0.2) is 18.2 Å². The maximum atomic E-state index is 13.7. The number of hydrogen-bond donors (Lipinski definition) is 2. The average molecular weight is 335 g/mol. The molecule has 1 aromatic rings. The number of hydrogen-bond acceptors (Lipinski definition) is 2. The summed E-state index contributed by atoms with van der Waals surface area (Å²) in [4.78, 5) is 11.9. The second kappa shape index (κ2) is 8.57. The first kappa shape index (κ1) is 18.2. The number of benzene rings is 1. The summed E-state index contributed by atoms with van der Waals surface area (Å²) in [6, 6.07) is 4.13. The van der Waals surface area contributed by atoms with Gasteiger partial charge in [-0.05, 0) is 50.9 Å². The molecule has 118 valence electrons. The first-order valence-electron chi connectivity index (χ1n) is 7.02. The minimum Gasteiger partial charge on any atom is -0.349 e. The van der Waals surface area contributed by atoms with Crippen molar-refractivity contribution in [1.29, 1.82) is 0 Å². The van der Waals surface area contributed by atoms with Gasteiger partial charge in [0.25, 0.3) is 0 Å². The fraction of sp³-hybridized carbons (Fsp3) is 0.533. The summed E-state index contributed by atoms with van der Waals surface area (Å²) in [5.41, 5.74) is 0.352. The number of carbonyl (C=O) groups excluding carboxylic acids is 1. The van der Waals surface area contributed by atoms with Crippen LogP contribution in [0.5, 0.6) is 0 Å². The maximum absolute atomic E-state index is 13.7. The third-order valence-electron chi connectivity index (χ3n) is 3.75. The number of carbonyl (C=O) groups is 1. The Labute approximate surface area is 136 Å². The minimum absolute atomic E-state index is 0. The van der Waals surface area contributed by atoms with E-state index in [1.165, 1.54) is 6.07 Å². The van der Waals surface area contributed by atoms with Crippen molar-refractivity contribution in [2.45, 2.75) is 32.2 Å². The largest absolute Gasteiger partial charge is 0.349 e. The number of nitrogens with one attached hydrogen (secondary N) is 2. The van der Waals surface area contributed by atoms with E-state index in [0.717, 1.165) is 25.9 Å². The van der Waals surface area contributed by atoms with Crippen molar-refractivity contribution in [2.24, 2.45) is 5.92 Å². The molecule has 1 aromatic carbocycles. The Morgan fingerprint density at radius 2 is 2.33 bits per heavy atom. The SMILES string of the molecule is CC(NC(=O)CCC1CCNC1)c1c(F)cccc1Cl.Cl. The van der Waals surface area contributed by atoms with E-state index in [0.29, 0.717) is 22.9 Å². The van der Waals surface area contributed by atoms with Crippen molar-refractivity contribution >= 4 is 29.9 Å². The molecule has 1 aliphatic heterocycles. The van der Waals surface area contributed by atoms with Gasteiger partial charge in [0.15, 0.2) is 0 Å². The van der Waals surface area contributed by atoms with Gasteiger partial charge in [0, 0.05) is 17.0 Å². The molecule has 0 saturated carbocycles. The highest BCUT2D eigenvalue weighted by atomic mass is 35.5. The highest BCUT2D eigenvalue weighted by molar-refractivity contribution is 6.31. The predicted molar refractivity (Wildman–Crippen MR) is 85.4 cm³/mol. The summed E-state index contributed by atoms with van der Waals surface area (Å²) >= 11 is 5.99. The van der Waals surface area contributed by atoms with E-state index < -0.39 is 6.04 Å². The summed E-state index contributed by atoms with van der Waals surface area (Å²) < 4.78 is 13.7. The van der Waals surface area contributed by atoms with Crippen LogP contribution in [0.25, 0.3) is 0 Å². The third kappa shape index (κ3) is 5.13. The number of halogens is 3. The van der Waals surface area contributed by atoms with Crippen molar-refractivity contribution in [3.05, 3.63) is 34.6 Å². The molecule has 1 aliphatic rings. The maximum Gasteiger partial charge on any atom is 0.220 e. The van der Waals surface area contributed by atoms with E-state index in [9.17, 15) is 9.18 Å². The number of rotatable bonds is 5. The lowest BCUT2D eigenvalue weighted by Gasteiger charge is -2.17. The molecule has 2 rings (SSSR count). The van der Waals surface area contributed by atoms with Crippen molar-refractivity contribution < 1.29 is 9.18 Å². The Hall–Kier alpha value is -0.840. The van der Waals surface area contributed by atoms with Crippen LogP contribution in [-0.4, -0.2) is 19.0 Å². The van der Waals surface area contributed by atoms with Gasteiger partial charge in [-0.3, -0.25) is 4.79 Å². The summed E-state index contributed by atoms with van der Waals surface area (Å²) in [6.07, 6.45) is 2.47. The van der Waals surface area contributed by atoms with Crippen LogP contribution in [0.4, 0.5) is 4.39 Å². The van der Waals surface area contributed by atoms with E-state index in [1.807, 2.05) is 0 Å². The van der Waals surface area contributed by atoms with Gasteiger partial charge < -0.3 is 10.6 Å². The van der Waals surface area contributed by atoms with Crippen molar-refractivity contribution in [1.82, 2.24) is 10.6 Å². The van der Waals surface area contributed by atoms with Gasteiger partial charge in [-0.2, -0.15) is 0 Å². The second-order valence-corrected chi connectivity index (χ2v) is 5.73. The summed E-state index contributed by atoms with van der Waals surface area (Å²) in [6.45, 7) is 3.77. The van der Waals surface area contributed by atoms with Gasteiger partial charge in [-0.1, -0.05) is 17.7 Å². The van der Waals surface area contributed by atoms with E-state index in [4.69, 9.17) is 11.6 Å². The van der Waals surface area contributed by atoms with Crippen molar-refractivity contribution in [3.8, 4) is 0 Å². The second-order valence-electron chi connectivity index (χ2n) is 5.32. The quantitative estimate of drug-likeness (QED) is 0.865. The lowest BCUT2D eigenvalue weighted by Crippen LogP contribution is -2.27. The van der Waals surface area contributed by atoms with Crippen LogP contribution >= 0.6 is 24.0 Å². The van der Waals surface area contributed by atoms with Gasteiger partial charge in [0.2, 0.25) is 5.91 Å². The normalized spacial score (nSPS) is 18.9. The zero-order valence-corrected chi connectivity index (χ0v) is 13.6. The molecular weight excluding hydrogens is 314 g/mol. The molecule has 1 saturated heterocycles. The molecule has 3 nitrogen and oxygen atoms in total. The highest BCUT2D eigenvalue weighted by Crippen LogP contribution is 2.25. The molecule has 1 fully saturated rings. The number of amides is 1. The molecule has 0 aliphatic carbocycles.